The van der Waals surface area contributed by atoms with Crippen LogP contribution in [-0.2, 0) is 14.8 Å². The highest BCUT2D eigenvalue weighted by molar-refractivity contribution is 7.89. The Labute approximate surface area is 174 Å². The lowest BCUT2D eigenvalue weighted by atomic mass is 9.84. The molecule has 28 heavy (non-hydrogen) atoms. The Morgan fingerprint density at radius 1 is 1.00 bits per heavy atom. The lowest BCUT2D eigenvalue weighted by Gasteiger charge is -2.34. The van der Waals surface area contributed by atoms with Gasteiger partial charge in [-0.3, -0.25) is 4.79 Å². The van der Waals surface area contributed by atoms with Crippen LogP contribution in [0.4, 0.5) is 0 Å². The van der Waals surface area contributed by atoms with Crippen molar-refractivity contribution in [3.63, 3.8) is 0 Å². The van der Waals surface area contributed by atoms with E-state index in [0.29, 0.717) is 56.4 Å². The third-order valence-electron chi connectivity index (χ3n) is 5.78. The van der Waals surface area contributed by atoms with E-state index in [9.17, 15) is 13.2 Å². The Kier molecular flexibility index (Phi) is 8.74. The molecule has 2 fully saturated rings. The van der Waals surface area contributed by atoms with Gasteiger partial charge >= 0.3 is 0 Å². The van der Waals surface area contributed by atoms with Crippen LogP contribution in [-0.4, -0.2) is 56.3 Å². The second-order valence-corrected chi connectivity index (χ2v) is 9.52. The average Bonchev–Trinajstić information content (AvgIpc) is 2.73. The first-order chi connectivity index (χ1) is 13.0. The van der Waals surface area contributed by atoms with Gasteiger partial charge in [0.15, 0.2) is 0 Å². The molecular weight excluding hydrogens is 398 g/mol. The van der Waals surface area contributed by atoms with Crippen LogP contribution in [0.1, 0.15) is 56.4 Å². The van der Waals surface area contributed by atoms with Gasteiger partial charge in [0.2, 0.25) is 15.9 Å². The van der Waals surface area contributed by atoms with E-state index in [1.54, 1.807) is 17.0 Å². The van der Waals surface area contributed by atoms with Crippen molar-refractivity contribution in [3.05, 3.63) is 29.8 Å². The lowest BCUT2D eigenvalue weighted by Crippen LogP contribution is -2.50. The first-order valence-electron chi connectivity index (χ1n) is 10.1. The molecule has 1 saturated carbocycles. The maximum atomic E-state index is 12.9. The molecule has 0 unspecified atom stereocenters. The Hall–Kier alpha value is -1.15. The van der Waals surface area contributed by atoms with E-state index < -0.39 is 10.0 Å². The summed E-state index contributed by atoms with van der Waals surface area (Å²) in [6.45, 7) is 2.09. The van der Waals surface area contributed by atoms with Crippen molar-refractivity contribution in [1.82, 2.24) is 9.21 Å². The molecule has 1 aromatic rings. The van der Waals surface area contributed by atoms with Gasteiger partial charge in [0.1, 0.15) is 0 Å². The standard InChI is InChI=1S/C20H31N3O3S.ClH/c21-12-4-7-20(24)22-13-15-23(16-14-22)27(25,26)19-10-8-18(9-11-19)17-5-2-1-3-6-17;/h8-11,17H,1-7,12-16,21H2;1H. The summed E-state index contributed by atoms with van der Waals surface area (Å²) < 4.78 is 27.4. The molecule has 6 nitrogen and oxygen atoms in total. The summed E-state index contributed by atoms with van der Waals surface area (Å²) in [4.78, 5) is 14.2. The first-order valence-corrected chi connectivity index (χ1v) is 11.5. The number of sulfonamides is 1. The molecule has 1 aliphatic heterocycles. The number of hydrogen-bond acceptors (Lipinski definition) is 4. The second kappa shape index (κ2) is 10.6. The molecule has 158 valence electrons. The molecule has 1 heterocycles. The minimum absolute atomic E-state index is 0. The van der Waals surface area contributed by atoms with Crippen molar-refractivity contribution in [3.8, 4) is 0 Å². The van der Waals surface area contributed by atoms with Crippen molar-refractivity contribution >= 4 is 28.3 Å². The van der Waals surface area contributed by atoms with Gasteiger partial charge in [-0.05, 0) is 49.4 Å². The SMILES string of the molecule is Cl.NCCCC(=O)N1CCN(S(=O)(=O)c2ccc(C3CCCCC3)cc2)CC1. The van der Waals surface area contributed by atoms with E-state index in [2.05, 4.69) is 0 Å². The van der Waals surface area contributed by atoms with E-state index in [1.807, 2.05) is 12.1 Å². The van der Waals surface area contributed by atoms with E-state index in [4.69, 9.17) is 5.73 Å². The average molecular weight is 430 g/mol. The van der Waals surface area contributed by atoms with Crippen molar-refractivity contribution in [2.75, 3.05) is 32.7 Å². The van der Waals surface area contributed by atoms with Crippen molar-refractivity contribution in [2.24, 2.45) is 5.73 Å². The van der Waals surface area contributed by atoms with Crippen LogP contribution in [0.5, 0.6) is 0 Å². The zero-order valence-electron chi connectivity index (χ0n) is 16.4. The number of nitrogens with two attached hydrogens (primary N) is 1. The van der Waals surface area contributed by atoms with Crippen LogP contribution in [0, 0.1) is 0 Å². The topological polar surface area (TPSA) is 83.7 Å². The monoisotopic (exact) mass is 429 g/mol. The summed E-state index contributed by atoms with van der Waals surface area (Å²) in [5.74, 6) is 0.632. The molecule has 1 aliphatic carbocycles. The highest BCUT2D eigenvalue weighted by atomic mass is 35.5. The first kappa shape index (κ1) is 23.1. The molecule has 2 N–H and O–H groups in total. The van der Waals surface area contributed by atoms with E-state index >= 15 is 0 Å². The van der Waals surface area contributed by atoms with Gasteiger partial charge in [-0.25, -0.2) is 8.42 Å². The van der Waals surface area contributed by atoms with Crippen LogP contribution < -0.4 is 5.73 Å². The highest BCUT2D eigenvalue weighted by Gasteiger charge is 2.30. The molecule has 2 aliphatic rings. The summed E-state index contributed by atoms with van der Waals surface area (Å²) in [7, 11) is -3.50. The Morgan fingerprint density at radius 2 is 1.61 bits per heavy atom. The Bertz CT molecular complexity index is 726. The fraction of sp³-hybridized carbons (Fsp3) is 0.650. The third-order valence-corrected chi connectivity index (χ3v) is 7.69. The van der Waals surface area contributed by atoms with Crippen LogP contribution >= 0.6 is 12.4 Å². The molecule has 1 saturated heterocycles. The molecule has 1 amide bonds. The number of benzene rings is 1. The highest BCUT2D eigenvalue weighted by Crippen LogP contribution is 2.33. The van der Waals surface area contributed by atoms with Gasteiger partial charge in [0.25, 0.3) is 0 Å². The number of carbonyl (C=O) groups excluding carboxylic acids is 1. The van der Waals surface area contributed by atoms with Crippen LogP contribution in [0.15, 0.2) is 29.2 Å². The normalized spacial score (nSPS) is 19.2. The quantitative estimate of drug-likeness (QED) is 0.753. The fourth-order valence-electron chi connectivity index (χ4n) is 4.09. The van der Waals surface area contributed by atoms with Gasteiger partial charge < -0.3 is 10.6 Å². The number of hydrogen-bond donors (Lipinski definition) is 1. The van der Waals surface area contributed by atoms with Crippen molar-refractivity contribution < 1.29 is 13.2 Å². The summed E-state index contributed by atoms with van der Waals surface area (Å²) >= 11 is 0. The number of piperazine rings is 1. The molecule has 1 aromatic carbocycles. The Morgan fingerprint density at radius 3 is 2.18 bits per heavy atom. The minimum Gasteiger partial charge on any atom is -0.340 e. The molecule has 3 rings (SSSR count). The predicted octanol–water partition coefficient (Wildman–Crippen LogP) is 2.73. The molecule has 0 atom stereocenters. The summed E-state index contributed by atoms with van der Waals surface area (Å²) in [6, 6.07) is 7.46. The minimum atomic E-state index is -3.50. The molecule has 0 spiro atoms. The maximum absolute atomic E-state index is 12.9. The van der Waals surface area contributed by atoms with Gasteiger partial charge in [0, 0.05) is 32.6 Å². The number of amides is 1. The molecular formula is C20H32ClN3O3S. The molecule has 0 bridgehead atoms. The zero-order valence-corrected chi connectivity index (χ0v) is 18.0. The van der Waals surface area contributed by atoms with Crippen molar-refractivity contribution in [1.29, 1.82) is 0 Å². The van der Waals surface area contributed by atoms with Crippen LogP contribution in [0.25, 0.3) is 0 Å². The van der Waals surface area contributed by atoms with E-state index in [1.165, 1.54) is 42.0 Å². The number of halogens is 1. The van der Waals surface area contributed by atoms with Crippen molar-refractivity contribution in [2.45, 2.75) is 55.8 Å². The van der Waals surface area contributed by atoms with Crippen LogP contribution in [0.3, 0.4) is 0 Å². The van der Waals surface area contributed by atoms with Gasteiger partial charge in [-0.2, -0.15) is 4.31 Å². The maximum Gasteiger partial charge on any atom is 0.243 e. The lowest BCUT2D eigenvalue weighted by molar-refractivity contribution is -0.132. The van der Waals surface area contributed by atoms with Gasteiger partial charge in [0.05, 0.1) is 4.90 Å². The van der Waals surface area contributed by atoms with Crippen LogP contribution in [0.2, 0.25) is 0 Å². The summed E-state index contributed by atoms with van der Waals surface area (Å²) in [5, 5.41) is 0. The summed E-state index contributed by atoms with van der Waals surface area (Å²) in [5.41, 5.74) is 6.70. The third kappa shape index (κ3) is 5.47. The zero-order chi connectivity index (χ0) is 19.3. The molecule has 8 heteroatoms. The predicted molar refractivity (Wildman–Crippen MR) is 113 cm³/mol. The number of carbonyl (C=O) groups is 1. The van der Waals surface area contributed by atoms with Gasteiger partial charge in [-0.1, -0.05) is 31.4 Å². The van der Waals surface area contributed by atoms with Gasteiger partial charge in [-0.15, -0.1) is 12.4 Å². The summed E-state index contributed by atoms with van der Waals surface area (Å²) in [6.07, 6.45) is 7.34. The van der Waals surface area contributed by atoms with E-state index in [0.717, 1.165) is 0 Å². The second-order valence-electron chi connectivity index (χ2n) is 7.58. The largest absolute Gasteiger partial charge is 0.340 e. The fourth-order valence-corrected chi connectivity index (χ4v) is 5.51. The number of rotatable bonds is 6. The Balaban J connectivity index is 0.00000280. The molecule has 0 radical (unpaired) electrons. The van der Waals surface area contributed by atoms with E-state index in [-0.39, 0.29) is 18.3 Å². The smallest absolute Gasteiger partial charge is 0.243 e. The number of nitrogens with zero attached hydrogens (tertiary/aromatic N) is 2. The molecule has 0 aromatic heterocycles.